The van der Waals surface area contributed by atoms with E-state index in [1.165, 1.54) is 19.2 Å². The zero-order chi connectivity index (χ0) is 17.7. The molecule has 0 aliphatic rings. The number of amides is 2. The van der Waals surface area contributed by atoms with Crippen molar-refractivity contribution in [3.8, 4) is 0 Å². The Morgan fingerprint density at radius 3 is 2.54 bits per heavy atom. The van der Waals surface area contributed by atoms with Crippen LogP contribution in [0.25, 0.3) is 0 Å². The lowest BCUT2D eigenvalue weighted by atomic mass is 10.1. The van der Waals surface area contributed by atoms with Crippen molar-refractivity contribution in [2.45, 2.75) is 12.6 Å². The fourth-order valence-electron chi connectivity index (χ4n) is 2.12. The Hall–Kier alpha value is -2.81. The monoisotopic (exact) mass is 335 g/mol. The number of likely N-dealkylation sites (N-methyl/N-ethyl adjacent to an activating group) is 1. The number of nitrogens with one attached hydrogen (secondary N) is 2. The average Bonchev–Trinajstić information content (AvgIpc) is 3.03. The lowest BCUT2D eigenvalue weighted by molar-refractivity contribution is -0.126. The molecule has 0 saturated heterocycles. The predicted molar refractivity (Wildman–Crippen MR) is 82.4 cm³/mol. The molecule has 0 radical (unpaired) electrons. The van der Waals surface area contributed by atoms with E-state index in [0.717, 1.165) is 0 Å². The molecule has 0 fully saturated rings. The lowest BCUT2D eigenvalue weighted by Gasteiger charge is -2.23. The third-order valence-electron chi connectivity index (χ3n) is 3.26. The van der Waals surface area contributed by atoms with Crippen molar-refractivity contribution in [3.63, 3.8) is 0 Å². The van der Waals surface area contributed by atoms with Crippen LogP contribution in [0.1, 0.15) is 28.1 Å². The molecule has 1 atom stereocenters. The molecular weight excluding hydrogens is 317 g/mol. The van der Waals surface area contributed by atoms with Gasteiger partial charge in [-0.1, -0.05) is 17.3 Å². The zero-order valence-electron chi connectivity index (χ0n) is 13.5. The van der Waals surface area contributed by atoms with Crippen LogP contribution in [0.5, 0.6) is 0 Å². The van der Waals surface area contributed by atoms with Crippen molar-refractivity contribution >= 4 is 11.8 Å². The van der Waals surface area contributed by atoms with E-state index in [2.05, 4.69) is 20.8 Å². The first-order valence-corrected chi connectivity index (χ1v) is 7.16. The smallest absolute Gasteiger partial charge is 0.292 e. The molecule has 2 amide bonds. The molecule has 9 heteroatoms. The maximum absolute atomic E-state index is 13.0. The predicted octanol–water partition coefficient (Wildman–Crippen LogP) is 0.487. The minimum Gasteiger partial charge on any atom is -0.352 e. The number of hydrogen-bond donors (Lipinski definition) is 2. The molecule has 24 heavy (non-hydrogen) atoms. The summed E-state index contributed by atoms with van der Waals surface area (Å²) < 4.78 is 17.9. The molecule has 1 unspecified atom stereocenters. The summed E-state index contributed by atoms with van der Waals surface area (Å²) in [7, 11) is 4.93. The Balaban J connectivity index is 2.04. The molecular formula is C15H18FN5O3. The van der Waals surface area contributed by atoms with Gasteiger partial charge in [0.2, 0.25) is 11.8 Å². The number of aromatic nitrogens is 2. The fraction of sp³-hybridized carbons (Fsp3) is 0.333. The summed E-state index contributed by atoms with van der Waals surface area (Å²) in [5, 5.41) is 8.54. The Morgan fingerprint density at radius 1 is 1.29 bits per heavy atom. The SMILES string of the molecule is CNC(=O)c1noc(CNC(=O)C(c2ccc(F)cc2)N(C)C)n1. The summed E-state index contributed by atoms with van der Waals surface area (Å²) in [4.78, 5) is 29.4. The van der Waals surface area contributed by atoms with Gasteiger partial charge in [-0.3, -0.25) is 14.5 Å². The van der Waals surface area contributed by atoms with Crippen molar-refractivity contribution in [1.29, 1.82) is 0 Å². The van der Waals surface area contributed by atoms with Crippen LogP contribution in [0.2, 0.25) is 0 Å². The molecule has 1 aromatic heterocycles. The van der Waals surface area contributed by atoms with Crippen molar-refractivity contribution < 1.29 is 18.5 Å². The summed E-state index contributed by atoms with van der Waals surface area (Å²) in [6.45, 7) is -0.0195. The van der Waals surface area contributed by atoms with Gasteiger partial charge in [0.15, 0.2) is 0 Å². The zero-order valence-corrected chi connectivity index (χ0v) is 13.5. The first-order valence-electron chi connectivity index (χ1n) is 7.16. The van der Waals surface area contributed by atoms with E-state index in [-0.39, 0.29) is 30.0 Å². The second-order valence-corrected chi connectivity index (χ2v) is 5.23. The molecule has 1 heterocycles. The van der Waals surface area contributed by atoms with Crippen LogP contribution in [0.3, 0.4) is 0 Å². The Labute approximate surface area is 138 Å². The van der Waals surface area contributed by atoms with Crippen LogP contribution < -0.4 is 10.6 Å². The van der Waals surface area contributed by atoms with E-state index < -0.39 is 11.9 Å². The summed E-state index contributed by atoms with van der Waals surface area (Å²) in [5.41, 5.74) is 0.649. The number of nitrogens with zero attached hydrogens (tertiary/aromatic N) is 3. The highest BCUT2D eigenvalue weighted by Gasteiger charge is 2.23. The minimum absolute atomic E-state index is 0.0195. The van der Waals surface area contributed by atoms with Crippen LogP contribution in [0.15, 0.2) is 28.8 Å². The molecule has 2 N–H and O–H groups in total. The minimum atomic E-state index is -0.605. The van der Waals surface area contributed by atoms with E-state index in [0.29, 0.717) is 5.56 Å². The van der Waals surface area contributed by atoms with Crippen molar-refractivity contribution in [3.05, 3.63) is 47.4 Å². The highest BCUT2D eigenvalue weighted by atomic mass is 19.1. The molecule has 0 spiro atoms. The van der Waals surface area contributed by atoms with Crippen molar-refractivity contribution in [2.24, 2.45) is 0 Å². The third-order valence-corrected chi connectivity index (χ3v) is 3.26. The first-order chi connectivity index (χ1) is 11.4. The number of carbonyl (C=O) groups is 2. The van der Waals surface area contributed by atoms with Crippen LogP contribution in [0, 0.1) is 5.82 Å². The highest BCUT2D eigenvalue weighted by molar-refractivity contribution is 5.89. The number of benzene rings is 1. The van der Waals surface area contributed by atoms with Crippen LogP contribution in [-0.2, 0) is 11.3 Å². The summed E-state index contributed by atoms with van der Waals surface area (Å²) in [5.74, 6) is -1.16. The Morgan fingerprint density at radius 2 is 1.96 bits per heavy atom. The summed E-state index contributed by atoms with van der Waals surface area (Å²) >= 11 is 0. The van der Waals surface area contributed by atoms with Gasteiger partial charge < -0.3 is 15.2 Å². The molecule has 8 nitrogen and oxygen atoms in total. The molecule has 2 aromatic rings. The highest BCUT2D eigenvalue weighted by Crippen LogP contribution is 2.19. The maximum Gasteiger partial charge on any atom is 0.292 e. The molecule has 128 valence electrons. The normalized spacial score (nSPS) is 12.0. The van der Waals surface area contributed by atoms with Crippen LogP contribution in [-0.4, -0.2) is 48.0 Å². The average molecular weight is 335 g/mol. The molecule has 0 aliphatic heterocycles. The second-order valence-electron chi connectivity index (χ2n) is 5.23. The van der Waals surface area contributed by atoms with Gasteiger partial charge in [0.25, 0.3) is 11.7 Å². The van der Waals surface area contributed by atoms with E-state index in [4.69, 9.17) is 4.52 Å². The number of hydrogen-bond acceptors (Lipinski definition) is 6. The largest absolute Gasteiger partial charge is 0.352 e. The van der Waals surface area contributed by atoms with Gasteiger partial charge in [0.1, 0.15) is 11.9 Å². The van der Waals surface area contributed by atoms with Crippen LogP contribution >= 0.6 is 0 Å². The Bertz CT molecular complexity index is 714. The lowest BCUT2D eigenvalue weighted by Crippen LogP contribution is -2.36. The molecule has 0 aliphatic carbocycles. The van der Waals surface area contributed by atoms with Crippen molar-refractivity contribution in [2.75, 3.05) is 21.1 Å². The maximum atomic E-state index is 13.0. The topological polar surface area (TPSA) is 100 Å². The molecule has 0 bridgehead atoms. The van der Waals surface area contributed by atoms with Gasteiger partial charge in [-0.05, 0) is 31.8 Å². The van der Waals surface area contributed by atoms with E-state index >= 15 is 0 Å². The molecule has 1 aromatic carbocycles. The van der Waals surface area contributed by atoms with E-state index in [1.807, 2.05) is 0 Å². The second kappa shape index (κ2) is 7.64. The van der Waals surface area contributed by atoms with Crippen molar-refractivity contribution in [1.82, 2.24) is 25.7 Å². The van der Waals surface area contributed by atoms with E-state index in [9.17, 15) is 14.0 Å². The molecule has 2 rings (SSSR count). The number of rotatable bonds is 6. The van der Waals surface area contributed by atoms with Gasteiger partial charge >= 0.3 is 0 Å². The summed E-state index contributed by atoms with van der Waals surface area (Å²) in [6, 6.07) is 5.10. The van der Waals surface area contributed by atoms with Gasteiger partial charge in [0.05, 0.1) is 6.54 Å². The first kappa shape index (κ1) is 17.5. The third kappa shape index (κ3) is 4.13. The van der Waals surface area contributed by atoms with Gasteiger partial charge in [-0.15, -0.1) is 0 Å². The van der Waals surface area contributed by atoms with Gasteiger partial charge in [0, 0.05) is 7.05 Å². The number of halogens is 1. The van der Waals surface area contributed by atoms with E-state index in [1.54, 1.807) is 31.1 Å². The quantitative estimate of drug-likeness (QED) is 0.797. The Kier molecular flexibility index (Phi) is 5.59. The standard InChI is InChI=1S/C15H18FN5O3/c1-17-15(23)13-19-11(24-20-13)8-18-14(22)12(21(2)3)9-4-6-10(16)7-5-9/h4-7,12H,8H2,1-3H3,(H,17,23)(H,18,22). The van der Waals surface area contributed by atoms with Gasteiger partial charge in [-0.25, -0.2) is 4.39 Å². The van der Waals surface area contributed by atoms with Crippen LogP contribution in [0.4, 0.5) is 4.39 Å². The summed E-state index contributed by atoms with van der Waals surface area (Å²) in [6.07, 6.45) is 0. The fourth-order valence-corrected chi connectivity index (χ4v) is 2.12. The van der Waals surface area contributed by atoms with Gasteiger partial charge in [-0.2, -0.15) is 4.98 Å². The number of carbonyl (C=O) groups excluding carboxylic acids is 2. The molecule has 0 saturated carbocycles.